The zero-order valence-corrected chi connectivity index (χ0v) is 15.7. The van der Waals surface area contributed by atoms with Gasteiger partial charge in [-0.15, -0.1) is 0 Å². The fraction of sp³-hybridized carbons (Fsp3) is 0.278. The average Bonchev–Trinajstić information content (AvgIpc) is 2.55. The van der Waals surface area contributed by atoms with E-state index in [-0.39, 0.29) is 29.8 Å². The first kappa shape index (κ1) is 19.4. The Labute approximate surface area is 153 Å². The molecule has 1 amide bonds. The molecule has 2 N–H and O–H groups in total. The fourth-order valence-corrected chi connectivity index (χ4v) is 3.41. The van der Waals surface area contributed by atoms with Crippen LogP contribution in [0.2, 0.25) is 5.02 Å². The topological polar surface area (TPSA) is 75.3 Å². The minimum Gasteiger partial charge on any atom is -0.350 e. The Balaban J connectivity index is 1.83. The zero-order chi connectivity index (χ0) is 18.4. The summed E-state index contributed by atoms with van der Waals surface area (Å²) in [4.78, 5) is 12.2. The maximum Gasteiger partial charge on any atom is 0.240 e. The summed E-state index contributed by atoms with van der Waals surface area (Å²) in [5, 5.41) is 3.46. The Kier molecular flexibility index (Phi) is 6.58. The lowest BCUT2D eigenvalue weighted by Crippen LogP contribution is -2.32. The van der Waals surface area contributed by atoms with E-state index in [1.807, 2.05) is 26.0 Å². The Morgan fingerprint density at radius 2 is 1.68 bits per heavy atom. The van der Waals surface area contributed by atoms with E-state index in [0.717, 1.165) is 11.1 Å². The lowest BCUT2D eigenvalue weighted by molar-refractivity contribution is -0.121. The molecular formula is C18H21ClN2O3S. The number of aryl methyl sites for hydroxylation is 1. The van der Waals surface area contributed by atoms with Gasteiger partial charge in [0.2, 0.25) is 15.9 Å². The van der Waals surface area contributed by atoms with E-state index in [1.165, 1.54) is 0 Å². The molecular weight excluding hydrogens is 360 g/mol. The molecule has 1 unspecified atom stereocenters. The minimum absolute atomic E-state index is 0.0371. The van der Waals surface area contributed by atoms with Crippen LogP contribution in [0.15, 0.2) is 53.4 Å². The van der Waals surface area contributed by atoms with Gasteiger partial charge in [-0.1, -0.05) is 41.4 Å². The van der Waals surface area contributed by atoms with Crippen molar-refractivity contribution < 1.29 is 13.2 Å². The van der Waals surface area contributed by atoms with Crippen molar-refractivity contribution in [1.82, 2.24) is 10.0 Å². The minimum atomic E-state index is -3.60. The van der Waals surface area contributed by atoms with Gasteiger partial charge in [0.1, 0.15) is 0 Å². The van der Waals surface area contributed by atoms with Crippen LogP contribution in [-0.4, -0.2) is 20.9 Å². The molecule has 2 aromatic rings. The second-order valence-corrected chi connectivity index (χ2v) is 8.00. The van der Waals surface area contributed by atoms with Gasteiger partial charge in [0.05, 0.1) is 10.9 Å². The second kappa shape index (κ2) is 8.47. The van der Waals surface area contributed by atoms with Crippen LogP contribution in [0.3, 0.4) is 0 Å². The number of sulfonamides is 1. The Morgan fingerprint density at radius 1 is 1.08 bits per heavy atom. The molecule has 2 aromatic carbocycles. The molecule has 0 radical (unpaired) electrons. The van der Waals surface area contributed by atoms with Crippen molar-refractivity contribution in [2.75, 3.05) is 6.54 Å². The molecule has 0 aromatic heterocycles. The maximum atomic E-state index is 12.1. The van der Waals surface area contributed by atoms with Crippen molar-refractivity contribution in [3.05, 3.63) is 64.7 Å². The lowest BCUT2D eigenvalue weighted by Gasteiger charge is -2.14. The fourth-order valence-electron chi connectivity index (χ4n) is 2.25. The van der Waals surface area contributed by atoms with Gasteiger partial charge >= 0.3 is 0 Å². The molecule has 2 rings (SSSR count). The molecule has 134 valence electrons. The average molecular weight is 381 g/mol. The summed E-state index contributed by atoms with van der Waals surface area (Å²) in [7, 11) is -3.60. The molecule has 0 heterocycles. The number of benzene rings is 2. The molecule has 7 heteroatoms. The maximum absolute atomic E-state index is 12.1. The molecule has 0 spiro atoms. The molecule has 5 nitrogen and oxygen atoms in total. The first-order chi connectivity index (χ1) is 11.8. The highest BCUT2D eigenvalue weighted by Crippen LogP contribution is 2.16. The standard InChI is InChI=1S/C18H21ClN2O3S/c1-13-3-9-17(10-4-13)25(23,24)20-12-11-18(22)21-14(2)15-5-7-16(19)8-6-15/h3-10,14,20H,11-12H2,1-2H3,(H,21,22). The number of halogens is 1. The number of nitrogens with one attached hydrogen (secondary N) is 2. The molecule has 0 aliphatic carbocycles. The number of carbonyl (C=O) groups is 1. The van der Waals surface area contributed by atoms with Crippen LogP contribution in [0.5, 0.6) is 0 Å². The SMILES string of the molecule is Cc1ccc(S(=O)(=O)NCCC(=O)NC(C)c2ccc(Cl)cc2)cc1. The summed E-state index contributed by atoms with van der Waals surface area (Å²) in [6.45, 7) is 3.78. The molecule has 0 aliphatic rings. The zero-order valence-electron chi connectivity index (χ0n) is 14.1. The highest BCUT2D eigenvalue weighted by atomic mass is 35.5. The summed E-state index contributed by atoms with van der Waals surface area (Å²) >= 11 is 5.84. The normalized spacial score (nSPS) is 12.6. The third-order valence-corrected chi connectivity index (χ3v) is 5.45. The van der Waals surface area contributed by atoms with Gasteiger partial charge in [0, 0.05) is 18.0 Å². The molecule has 0 aliphatic heterocycles. The second-order valence-electron chi connectivity index (χ2n) is 5.80. The van der Waals surface area contributed by atoms with E-state index < -0.39 is 10.0 Å². The van der Waals surface area contributed by atoms with E-state index in [4.69, 9.17) is 11.6 Å². The largest absolute Gasteiger partial charge is 0.350 e. The third-order valence-electron chi connectivity index (χ3n) is 3.72. The number of hydrogen-bond acceptors (Lipinski definition) is 3. The van der Waals surface area contributed by atoms with E-state index in [2.05, 4.69) is 10.0 Å². The first-order valence-corrected chi connectivity index (χ1v) is 9.75. The lowest BCUT2D eigenvalue weighted by atomic mass is 10.1. The van der Waals surface area contributed by atoms with Crippen molar-refractivity contribution in [2.45, 2.75) is 31.2 Å². The number of carbonyl (C=O) groups excluding carboxylic acids is 1. The van der Waals surface area contributed by atoms with E-state index in [9.17, 15) is 13.2 Å². The highest BCUT2D eigenvalue weighted by Gasteiger charge is 2.15. The third kappa shape index (κ3) is 5.85. The van der Waals surface area contributed by atoms with Crippen LogP contribution < -0.4 is 10.0 Å². The molecule has 0 bridgehead atoms. The van der Waals surface area contributed by atoms with Crippen molar-refractivity contribution in [2.24, 2.45) is 0 Å². The van der Waals surface area contributed by atoms with Crippen LogP contribution in [0.4, 0.5) is 0 Å². The van der Waals surface area contributed by atoms with Crippen LogP contribution in [0.25, 0.3) is 0 Å². The Hall–Kier alpha value is -1.89. The highest BCUT2D eigenvalue weighted by molar-refractivity contribution is 7.89. The van der Waals surface area contributed by atoms with Gasteiger partial charge in [-0.3, -0.25) is 4.79 Å². The van der Waals surface area contributed by atoms with Crippen LogP contribution in [0.1, 0.15) is 30.5 Å². The predicted octanol–water partition coefficient (Wildman–Crippen LogP) is 3.19. The predicted molar refractivity (Wildman–Crippen MR) is 99.0 cm³/mol. The van der Waals surface area contributed by atoms with Crippen molar-refractivity contribution in [1.29, 1.82) is 0 Å². The Bertz CT molecular complexity index is 818. The van der Waals surface area contributed by atoms with Gasteiger partial charge in [-0.2, -0.15) is 0 Å². The summed E-state index contributed by atoms with van der Waals surface area (Å²) in [6, 6.07) is 13.6. The molecule has 0 saturated carbocycles. The molecule has 0 fully saturated rings. The van der Waals surface area contributed by atoms with Gasteiger partial charge in [-0.05, 0) is 43.7 Å². The van der Waals surface area contributed by atoms with Crippen LogP contribution >= 0.6 is 11.6 Å². The van der Waals surface area contributed by atoms with Gasteiger partial charge < -0.3 is 5.32 Å². The van der Waals surface area contributed by atoms with Gasteiger partial charge in [0.15, 0.2) is 0 Å². The number of amides is 1. The Morgan fingerprint density at radius 3 is 2.28 bits per heavy atom. The molecule has 1 atom stereocenters. The van der Waals surface area contributed by atoms with Crippen molar-refractivity contribution in [3.8, 4) is 0 Å². The quantitative estimate of drug-likeness (QED) is 0.774. The van der Waals surface area contributed by atoms with E-state index in [1.54, 1.807) is 36.4 Å². The van der Waals surface area contributed by atoms with E-state index in [0.29, 0.717) is 5.02 Å². The number of hydrogen-bond donors (Lipinski definition) is 2. The summed E-state index contributed by atoms with van der Waals surface area (Å²) < 4.78 is 26.7. The molecule has 0 saturated heterocycles. The summed E-state index contributed by atoms with van der Waals surface area (Å²) in [5.41, 5.74) is 1.91. The van der Waals surface area contributed by atoms with Crippen molar-refractivity contribution in [3.63, 3.8) is 0 Å². The smallest absolute Gasteiger partial charge is 0.240 e. The van der Waals surface area contributed by atoms with E-state index >= 15 is 0 Å². The van der Waals surface area contributed by atoms with Crippen molar-refractivity contribution >= 4 is 27.5 Å². The van der Waals surface area contributed by atoms with Gasteiger partial charge in [0.25, 0.3) is 0 Å². The summed E-state index contributed by atoms with van der Waals surface area (Å²) in [6.07, 6.45) is 0.0586. The first-order valence-electron chi connectivity index (χ1n) is 7.89. The van der Waals surface area contributed by atoms with Crippen LogP contribution in [0, 0.1) is 6.92 Å². The summed E-state index contributed by atoms with van der Waals surface area (Å²) in [5.74, 6) is -0.228. The molecule has 25 heavy (non-hydrogen) atoms. The van der Waals surface area contributed by atoms with Crippen LogP contribution in [-0.2, 0) is 14.8 Å². The van der Waals surface area contributed by atoms with Gasteiger partial charge in [-0.25, -0.2) is 13.1 Å². The number of rotatable bonds is 7. The monoisotopic (exact) mass is 380 g/mol.